The van der Waals surface area contributed by atoms with E-state index in [2.05, 4.69) is 37.5 Å². The van der Waals surface area contributed by atoms with Crippen molar-refractivity contribution in [2.45, 2.75) is 16.9 Å². The van der Waals surface area contributed by atoms with Crippen LogP contribution in [-0.2, 0) is 15.6 Å². The molecule has 6 aliphatic rings. The minimum atomic E-state index is -0.431. The molecule has 0 unspecified atom stereocenters. The predicted octanol–water partition coefficient (Wildman–Crippen LogP) is 18.0. The molecule has 0 heterocycles. The number of fused-ring (bicyclic) bond motifs is 1. The molecule has 70 heavy (non-hydrogen) atoms. The van der Waals surface area contributed by atoms with Gasteiger partial charge in [0, 0.05) is 18.4 Å². The zero-order chi connectivity index (χ0) is 41.5. The topological polar surface area (TPSA) is 9.23 Å². The maximum Gasteiger partial charge on any atom is 0.0940 e. The molecule has 2 atom stereocenters. The average molecular weight is 855 g/mol. The Morgan fingerprint density at radius 2 is 0.443 bits per heavy atom. The van der Waals surface area contributed by atoms with E-state index in [1.165, 1.54) is 5.57 Å². The first-order valence-corrected chi connectivity index (χ1v) is 26.3. The van der Waals surface area contributed by atoms with Gasteiger partial charge in [0.15, 0.2) is 0 Å². The fourth-order valence-electron chi connectivity index (χ4n) is 26.2. The number of allylic oxidation sites excluding steroid dienone is 5. The van der Waals surface area contributed by atoms with Gasteiger partial charge in [0.1, 0.15) is 0 Å². The van der Waals surface area contributed by atoms with Crippen molar-refractivity contribution in [1.29, 1.82) is 0 Å². The molecule has 0 N–H and O–H groups in total. The van der Waals surface area contributed by atoms with Gasteiger partial charge in [-0.2, -0.15) is 0 Å². The first-order chi connectivity index (χ1) is 34.9. The van der Waals surface area contributed by atoms with Gasteiger partial charge >= 0.3 is 0 Å². The summed E-state index contributed by atoms with van der Waals surface area (Å²) in [6.07, 6.45) is 12.3. The second-order valence-electron chi connectivity index (χ2n) is 25.9. The zero-order valence-corrected chi connectivity index (χ0v) is 35.9. The van der Waals surface area contributed by atoms with Crippen LogP contribution in [0, 0.1) is 5.92 Å². The van der Waals surface area contributed by atoms with Crippen molar-refractivity contribution in [3.05, 3.63) is 58.2 Å². The molecule has 34 rings (SSSR count). The van der Waals surface area contributed by atoms with Gasteiger partial charge in [-0.3, -0.25) is 0 Å². The smallest absolute Gasteiger partial charge is 0.0940 e. The molecule has 28 aromatic rings. The van der Waals surface area contributed by atoms with Crippen LogP contribution in [0.5, 0.6) is 0 Å². The highest BCUT2D eigenvalue weighted by atomic mass is 16.5. The lowest BCUT2D eigenvalue weighted by molar-refractivity contribution is 0.0778. The Labute approximate surface area is 381 Å². The van der Waals surface area contributed by atoms with Gasteiger partial charge in [-0.05, 0) is 319 Å². The third-order valence-electron chi connectivity index (χ3n) is 26.0. The molecule has 0 aliphatic heterocycles. The number of rotatable bonds is 1. The van der Waals surface area contributed by atoms with E-state index in [9.17, 15) is 0 Å². The summed E-state index contributed by atoms with van der Waals surface area (Å²) < 4.78 is 7.61. The first kappa shape index (κ1) is 25.8. The lowest BCUT2D eigenvalue weighted by Crippen LogP contribution is -2.55. The van der Waals surface area contributed by atoms with E-state index >= 15 is 0 Å². The summed E-state index contributed by atoms with van der Waals surface area (Å²) >= 11 is 0. The summed E-state index contributed by atoms with van der Waals surface area (Å²) in [7, 11) is 2.12. The van der Waals surface area contributed by atoms with E-state index in [0.29, 0.717) is 0 Å². The van der Waals surface area contributed by atoms with Crippen LogP contribution in [0.4, 0.5) is 0 Å². The van der Waals surface area contributed by atoms with E-state index in [1.54, 1.807) is 313 Å². The Hall–Kier alpha value is -8.36. The average Bonchev–Trinajstić information content (AvgIpc) is 4.36. The van der Waals surface area contributed by atoms with E-state index < -0.39 is 5.41 Å². The third kappa shape index (κ3) is 1.32. The standard InChI is InChI=1S/C69H10O/c1-70-67-7-5-3-2-4-6-8(7)68-63-55-47-37-27-19-11-9-10-13-17-15(11)23-31-25(17)35-29-21(13)22-14(10)18-16-12(9)20(19)28-34-24(16)32-26(18)36-30(22)40-39(29)49-43(35)53-45(31)51(41(47)33(23)27)57(63)59(53)65-61(49)62-50(40)44(36)54-46(32)52-42(34)48(38(28)37)56(55)64(68)58(52)60(54)66(62)69(65,67)68/h2-6,8,67H,1H3/t8-,67+,68?,69?/m1/s1. The lowest BCUT2D eigenvalue weighted by Gasteiger charge is -2.53. The Kier molecular flexibility index (Phi) is 2.15. The summed E-state index contributed by atoms with van der Waals surface area (Å²) in [4.78, 5) is 0. The number of ether oxygens (including phenoxy) is 1. The van der Waals surface area contributed by atoms with Crippen LogP contribution in [0.2, 0.25) is 0 Å². The molecule has 0 bridgehead atoms. The monoisotopic (exact) mass is 854 g/mol. The summed E-state index contributed by atoms with van der Waals surface area (Å²) in [6.45, 7) is 0. The van der Waals surface area contributed by atoms with Crippen LogP contribution in [0.3, 0.4) is 0 Å². The summed E-state index contributed by atoms with van der Waals surface area (Å²) in [5, 5.41) is 89.3. The Bertz CT molecular complexity index is 7170. The van der Waals surface area contributed by atoms with Crippen molar-refractivity contribution in [2.75, 3.05) is 7.11 Å². The number of methoxy groups -OCH3 is 1. The molecule has 0 saturated heterocycles. The summed E-state index contributed by atoms with van der Waals surface area (Å²) in [6, 6.07) is 0. The molecule has 1 heteroatoms. The van der Waals surface area contributed by atoms with E-state index in [4.69, 9.17) is 4.74 Å². The van der Waals surface area contributed by atoms with E-state index in [0.717, 1.165) is 0 Å². The van der Waals surface area contributed by atoms with Gasteiger partial charge in [-0.25, -0.2) is 0 Å². The summed E-state index contributed by atoms with van der Waals surface area (Å²) in [5.74, 6) is 0.156. The van der Waals surface area contributed by atoms with Crippen molar-refractivity contribution in [3.8, 4) is 0 Å². The van der Waals surface area contributed by atoms with Crippen LogP contribution in [-0.4, -0.2) is 13.2 Å². The number of hydrogen-bond acceptors (Lipinski definition) is 1. The SMILES string of the molecule is CO[C@H]1C2=CC=CC=C[C@H]2C23c4c5c6c7c8c9c(c%10c%11c2c2c4c4c%12c5c5c6c6c8c8c%13c9c9c%10c%10c%11c%11c2c2c4c4c%12c%12c5c5c6c8c6c8c%13c9c9c%10c%10c%11c2c2c4c4c%12c5c6c5c8c9c%10c2c45)C713. The molecule has 2 spiro atoms. The van der Waals surface area contributed by atoms with Gasteiger partial charge in [0.2, 0.25) is 0 Å². The van der Waals surface area contributed by atoms with Crippen LogP contribution in [0.25, 0.3) is 291 Å². The highest BCUT2D eigenvalue weighted by molar-refractivity contribution is 6.82. The van der Waals surface area contributed by atoms with Gasteiger partial charge in [0.25, 0.3) is 0 Å². The molecule has 0 amide bonds. The molecule has 292 valence electrons. The zero-order valence-electron chi connectivity index (χ0n) is 35.9. The Balaban J connectivity index is 1.21. The maximum atomic E-state index is 7.61. The van der Waals surface area contributed by atoms with Gasteiger partial charge in [-0.15, -0.1) is 0 Å². The second kappa shape index (κ2) is 5.81. The van der Waals surface area contributed by atoms with Crippen molar-refractivity contribution >= 4 is 291 Å². The molecule has 1 nitrogen and oxygen atoms in total. The van der Waals surface area contributed by atoms with Crippen LogP contribution in [0.15, 0.2) is 36.0 Å². The molecular weight excluding hydrogens is 845 g/mol. The van der Waals surface area contributed by atoms with Gasteiger partial charge in [-0.1, -0.05) is 30.4 Å². The van der Waals surface area contributed by atoms with E-state index in [-0.39, 0.29) is 17.4 Å². The molecular formula is C69H10O. The minimum Gasteiger partial charge on any atom is -0.376 e. The highest BCUT2D eigenvalue weighted by Crippen LogP contribution is 2.87. The normalized spacial score (nSPS) is 25.4. The molecule has 1 saturated carbocycles. The van der Waals surface area contributed by atoms with Crippen molar-refractivity contribution < 1.29 is 4.74 Å². The van der Waals surface area contributed by atoms with Crippen LogP contribution < -0.4 is 0 Å². The molecule has 0 aromatic heterocycles. The molecule has 28 aromatic carbocycles. The number of benzene rings is 18. The first-order valence-electron chi connectivity index (χ1n) is 26.3. The van der Waals surface area contributed by atoms with Crippen LogP contribution in [0.1, 0.15) is 22.3 Å². The quantitative estimate of drug-likeness (QED) is 0.150. The maximum absolute atomic E-state index is 7.61. The van der Waals surface area contributed by atoms with Gasteiger partial charge < -0.3 is 4.74 Å². The largest absolute Gasteiger partial charge is 0.376 e. The molecule has 1 fully saturated rings. The van der Waals surface area contributed by atoms with Crippen molar-refractivity contribution in [3.63, 3.8) is 0 Å². The Morgan fingerprint density at radius 3 is 0.657 bits per heavy atom. The predicted molar refractivity (Wildman–Crippen MR) is 295 cm³/mol. The Morgan fingerprint density at radius 1 is 0.243 bits per heavy atom. The summed E-state index contributed by atoms with van der Waals surface area (Å²) in [5.41, 5.74) is 7.55. The third-order valence-corrected chi connectivity index (χ3v) is 26.0. The van der Waals surface area contributed by atoms with E-state index in [1.807, 2.05) is 0 Å². The van der Waals surface area contributed by atoms with Crippen LogP contribution >= 0.6 is 0 Å². The number of hydrogen-bond donors (Lipinski definition) is 0. The highest BCUT2D eigenvalue weighted by Gasteiger charge is 2.78. The minimum absolute atomic E-state index is 0.111. The fourth-order valence-corrected chi connectivity index (χ4v) is 26.2. The fraction of sp³-hybridized carbons (Fsp3) is 0.0725. The molecule has 0 radical (unpaired) electrons. The second-order valence-corrected chi connectivity index (χ2v) is 25.9. The van der Waals surface area contributed by atoms with Gasteiger partial charge in [0.05, 0.1) is 11.5 Å². The van der Waals surface area contributed by atoms with Crippen molar-refractivity contribution in [1.82, 2.24) is 0 Å². The molecule has 6 aliphatic carbocycles. The lowest BCUT2D eigenvalue weighted by atomic mass is 9.47. The van der Waals surface area contributed by atoms with Crippen molar-refractivity contribution in [2.24, 2.45) is 5.92 Å².